The highest BCUT2D eigenvalue weighted by Gasteiger charge is 2.22. The first-order valence-electron chi connectivity index (χ1n) is 6.31. The van der Waals surface area contributed by atoms with Gasteiger partial charge in [-0.05, 0) is 47.7 Å². The van der Waals surface area contributed by atoms with E-state index in [1.165, 1.54) is 17.9 Å². The number of anilines is 1. The number of esters is 1. The fourth-order valence-corrected chi connectivity index (χ4v) is 2.55. The third-order valence-electron chi connectivity index (χ3n) is 3.01. The number of rotatable bonds is 4. The van der Waals surface area contributed by atoms with E-state index >= 15 is 0 Å². The van der Waals surface area contributed by atoms with Crippen molar-refractivity contribution in [2.75, 3.05) is 12.4 Å². The Kier molecular flexibility index (Phi) is 5.11. The van der Waals surface area contributed by atoms with Gasteiger partial charge >= 0.3 is 5.97 Å². The maximum absolute atomic E-state index is 13.5. The number of nitrogens with zero attached hydrogens (tertiary/aromatic N) is 2. The average molecular weight is 417 g/mol. The number of hydrogen-bond donors (Lipinski definition) is 1. The normalized spacial score (nSPS) is 11.8. The summed E-state index contributed by atoms with van der Waals surface area (Å²) in [5, 5.41) is 6.63. The van der Waals surface area contributed by atoms with Crippen molar-refractivity contribution in [1.82, 2.24) is 9.78 Å². The van der Waals surface area contributed by atoms with E-state index < -0.39 is 17.8 Å². The highest BCUT2D eigenvalue weighted by Crippen LogP contribution is 2.26. The molecule has 1 atom stereocenters. The van der Waals surface area contributed by atoms with E-state index in [4.69, 9.17) is 0 Å². The minimum Gasteiger partial charge on any atom is -0.465 e. The monoisotopic (exact) mass is 417 g/mol. The van der Waals surface area contributed by atoms with Crippen molar-refractivity contribution in [1.29, 1.82) is 0 Å². The molecule has 1 aromatic heterocycles. The van der Waals surface area contributed by atoms with Crippen molar-refractivity contribution in [3.8, 4) is 0 Å². The topological polar surface area (TPSA) is 73.2 Å². The summed E-state index contributed by atoms with van der Waals surface area (Å²) in [6.07, 6.45) is 3.21. The van der Waals surface area contributed by atoms with Gasteiger partial charge in [0.15, 0.2) is 0 Å². The molecule has 22 heavy (non-hydrogen) atoms. The van der Waals surface area contributed by atoms with Gasteiger partial charge in [-0.3, -0.25) is 9.48 Å². The molecule has 0 bridgehead atoms. The molecule has 6 nitrogen and oxygen atoms in total. The third kappa shape index (κ3) is 3.43. The van der Waals surface area contributed by atoms with Crippen LogP contribution >= 0.6 is 22.6 Å². The van der Waals surface area contributed by atoms with Gasteiger partial charge in [-0.15, -0.1) is 0 Å². The van der Waals surface area contributed by atoms with Crippen LogP contribution in [0.15, 0.2) is 30.6 Å². The fourth-order valence-electron chi connectivity index (χ4n) is 1.83. The van der Waals surface area contributed by atoms with Gasteiger partial charge in [-0.1, -0.05) is 0 Å². The van der Waals surface area contributed by atoms with Crippen LogP contribution in [0.25, 0.3) is 0 Å². The SMILES string of the molecule is COC(=O)c1cc(F)cc(I)c1NC(=O)C(C)n1cccn1. The number of carbonyl (C=O) groups excluding carboxylic acids is 2. The summed E-state index contributed by atoms with van der Waals surface area (Å²) < 4.78 is 20.0. The van der Waals surface area contributed by atoms with Gasteiger partial charge < -0.3 is 10.1 Å². The summed E-state index contributed by atoms with van der Waals surface area (Å²) in [6.45, 7) is 1.66. The molecule has 0 aliphatic heterocycles. The molecule has 0 radical (unpaired) electrons. The Morgan fingerprint density at radius 3 is 2.77 bits per heavy atom. The fraction of sp³-hybridized carbons (Fsp3) is 0.214. The van der Waals surface area contributed by atoms with E-state index in [1.807, 2.05) is 22.6 Å². The van der Waals surface area contributed by atoms with Crippen molar-refractivity contribution in [2.24, 2.45) is 0 Å². The maximum atomic E-state index is 13.5. The lowest BCUT2D eigenvalue weighted by atomic mass is 10.1. The second kappa shape index (κ2) is 6.86. The molecule has 1 heterocycles. The van der Waals surface area contributed by atoms with E-state index in [2.05, 4.69) is 15.2 Å². The van der Waals surface area contributed by atoms with Gasteiger partial charge in [0.05, 0.1) is 18.4 Å². The van der Waals surface area contributed by atoms with Crippen LogP contribution in [0, 0.1) is 9.39 Å². The van der Waals surface area contributed by atoms with Crippen molar-refractivity contribution in [3.63, 3.8) is 0 Å². The quantitative estimate of drug-likeness (QED) is 0.614. The molecule has 2 aromatic rings. The first-order valence-corrected chi connectivity index (χ1v) is 7.39. The average Bonchev–Trinajstić information content (AvgIpc) is 3.02. The number of benzene rings is 1. The van der Waals surface area contributed by atoms with E-state index in [9.17, 15) is 14.0 Å². The lowest BCUT2D eigenvalue weighted by molar-refractivity contribution is -0.119. The Morgan fingerprint density at radius 2 is 2.18 bits per heavy atom. The zero-order chi connectivity index (χ0) is 16.3. The minimum atomic E-state index is -0.723. The lowest BCUT2D eigenvalue weighted by Crippen LogP contribution is -2.25. The largest absolute Gasteiger partial charge is 0.465 e. The maximum Gasteiger partial charge on any atom is 0.340 e. The Labute approximate surface area is 139 Å². The minimum absolute atomic E-state index is 0.0343. The van der Waals surface area contributed by atoms with Crippen molar-refractivity contribution >= 4 is 40.2 Å². The zero-order valence-corrected chi connectivity index (χ0v) is 14.0. The smallest absolute Gasteiger partial charge is 0.340 e. The number of ether oxygens (including phenoxy) is 1. The molecule has 1 amide bonds. The number of nitrogens with one attached hydrogen (secondary N) is 1. The summed E-state index contributed by atoms with van der Waals surface area (Å²) in [4.78, 5) is 24.0. The predicted molar refractivity (Wildman–Crippen MR) is 86.0 cm³/mol. The Balaban J connectivity index is 2.32. The first-order chi connectivity index (χ1) is 10.4. The lowest BCUT2D eigenvalue weighted by Gasteiger charge is -2.16. The molecular weight excluding hydrogens is 404 g/mol. The van der Waals surface area contributed by atoms with Crippen molar-refractivity contribution < 1.29 is 18.7 Å². The standard InChI is InChI=1S/C14H13FIN3O3/c1-8(19-5-3-4-17-19)13(20)18-12-10(14(21)22-2)6-9(15)7-11(12)16/h3-8H,1-2H3,(H,18,20). The van der Waals surface area contributed by atoms with Crippen LogP contribution in [0.1, 0.15) is 23.3 Å². The zero-order valence-electron chi connectivity index (χ0n) is 11.8. The van der Waals surface area contributed by atoms with Gasteiger partial charge in [0.25, 0.3) is 0 Å². The van der Waals surface area contributed by atoms with Gasteiger partial charge in [0.2, 0.25) is 5.91 Å². The number of halogens is 2. The molecule has 0 aliphatic rings. The molecule has 2 rings (SSSR count). The Bertz CT molecular complexity index is 704. The summed E-state index contributed by atoms with van der Waals surface area (Å²) in [7, 11) is 1.19. The molecule has 0 spiro atoms. The highest BCUT2D eigenvalue weighted by molar-refractivity contribution is 14.1. The molecule has 116 valence electrons. The molecule has 0 saturated carbocycles. The van der Waals surface area contributed by atoms with Crippen LogP contribution in [0.4, 0.5) is 10.1 Å². The summed E-state index contributed by atoms with van der Waals surface area (Å²) >= 11 is 1.85. The predicted octanol–water partition coefficient (Wildman–Crippen LogP) is 2.61. The second-order valence-electron chi connectivity index (χ2n) is 4.45. The number of carbonyl (C=O) groups is 2. The van der Waals surface area contributed by atoms with Gasteiger partial charge in [0, 0.05) is 16.0 Å². The van der Waals surface area contributed by atoms with Crippen LogP contribution in [0.3, 0.4) is 0 Å². The van der Waals surface area contributed by atoms with E-state index in [1.54, 1.807) is 25.4 Å². The molecule has 1 unspecified atom stereocenters. The van der Waals surface area contributed by atoms with Crippen LogP contribution in [0.5, 0.6) is 0 Å². The number of amides is 1. The molecule has 0 fully saturated rings. The van der Waals surface area contributed by atoms with Crippen molar-refractivity contribution in [3.05, 3.63) is 45.5 Å². The first kappa shape index (κ1) is 16.4. The summed E-state index contributed by atoms with van der Waals surface area (Å²) in [5.74, 6) is -1.68. The van der Waals surface area contributed by atoms with E-state index in [0.29, 0.717) is 3.57 Å². The van der Waals surface area contributed by atoms with Crippen molar-refractivity contribution in [2.45, 2.75) is 13.0 Å². The Morgan fingerprint density at radius 1 is 1.45 bits per heavy atom. The van der Waals surface area contributed by atoms with Crippen LogP contribution in [0.2, 0.25) is 0 Å². The van der Waals surface area contributed by atoms with Gasteiger partial charge in [-0.2, -0.15) is 5.10 Å². The third-order valence-corrected chi connectivity index (χ3v) is 3.86. The van der Waals surface area contributed by atoms with Crippen LogP contribution < -0.4 is 5.32 Å². The van der Waals surface area contributed by atoms with E-state index in [0.717, 1.165) is 6.07 Å². The molecule has 1 N–H and O–H groups in total. The number of aromatic nitrogens is 2. The van der Waals surface area contributed by atoms with Gasteiger partial charge in [-0.25, -0.2) is 9.18 Å². The van der Waals surface area contributed by atoms with E-state index in [-0.39, 0.29) is 17.2 Å². The van der Waals surface area contributed by atoms with Crippen LogP contribution in [-0.2, 0) is 9.53 Å². The summed E-state index contributed by atoms with van der Waals surface area (Å²) in [6, 6.07) is 3.37. The Hall–Kier alpha value is -1.97. The van der Waals surface area contributed by atoms with Crippen LogP contribution in [-0.4, -0.2) is 28.8 Å². The molecule has 8 heteroatoms. The second-order valence-corrected chi connectivity index (χ2v) is 5.62. The van der Waals surface area contributed by atoms with Gasteiger partial charge in [0.1, 0.15) is 11.9 Å². The molecule has 0 aliphatic carbocycles. The molecular formula is C14H13FIN3O3. The highest BCUT2D eigenvalue weighted by atomic mass is 127. The summed E-state index contributed by atoms with van der Waals surface area (Å²) in [5.41, 5.74) is 0.186. The molecule has 1 aromatic carbocycles. The number of methoxy groups -OCH3 is 1. The number of hydrogen-bond acceptors (Lipinski definition) is 4. The molecule has 0 saturated heterocycles.